The first kappa shape index (κ1) is 20.3. The molecule has 1 amide bonds. The summed E-state index contributed by atoms with van der Waals surface area (Å²) in [5.74, 6) is -1.35. The van der Waals surface area contributed by atoms with Gasteiger partial charge in [-0.1, -0.05) is 12.1 Å². The van der Waals surface area contributed by atoms with Gasteiger partial charge in [0.1, 0.15) is 17.4 Å². The molecule has 150 valence electrons. The third-order valence-electron chi connectivity index (χ3n) is 3.75. The summed E-state index contributed by atoms with van der Waals surface area (Å²) in [6.45, 7) is -0.381. The fourth-order valence-corrected chi connectivity index (χ4v) is 3.40. The molecule has 0 aliphatic rings. The van der Waals surface area contributed by atoms with Crippen LogP contribution in [-0.4, -0.2) is 20.9 Å². The summed E-state index contributed by atoms with van der Waals surface area (Å²) in [5.41, 5.74) is 0.256. The monoisotopic (exact) mass is 418 g/mol. The van der Waals surface area contributed by atoms with E-state index in [4.69, 9.17) is 4.74 Å². The second-order valence-electron chi connectivity index (χ2n) is 5.90. The van der Waals surface area contributed by atoms with E-state index in [0.717, 1.165) is 12.1 Å². The fraction of sp³-hybridized carbons (Fsp3) is 0.0500. The largest absolute Gasteiger partial charge is 0.484 e. The van der Waals surface area contributed by atoms with E-state index in [1.54, 1.807) is 6.07 Å². The normalized spacial score (nSPS) is 11.0. The summed E-state index contributed by atoms with van der Waals surface area (Å²) in [7, 11) is -3.87. The van der Waals surface area contributed by atoms with E-state index >= 15 is 0 Å². The Kier molecular flexibility index (Phi) is 6.08. The lowest BCUT2D eigenvalue weighted by Crippen LogP contribution is -2.20. The molecular weight excluding hydrogens is 402 g/mol. The zero-order chi connectivity index (χ0) is 20.9. The van der Waals surface area contributed by atoms with E-state index in [-0.39, 0.29) is 28.6 Å². The molecule has 0 unspecified atom stereocenters. The van der Waals surface area contributed by atoms with Gasteiger partial charge in [-0.25, -0.2) is 17.2 Å². The average Bonchev–Trinajstić information content (AvgIpc) is 2.70. The molecule has 0 saturated heterocycles. The topological polar surface area (TPSA) is 84.5 Å². The minimum absolute atomic E-state index is 0.0365. The van der Waals surface area contributed by atoms with E-state index < -0.39 is 27.6 Å². The van der Waals surface area contributed by atoms with Crippen molar-refractivity contribution in [2.45, 2.75) is 4.90 Å². The number of nitrogens with one attached hydrogen (secondary N) is 2. The van der Waals surface area contributed by atoms with Crippen molar-refractivity contribution in [3.63, 3.8) is 0 Å². The molecule has 0 atom stereocenters. The maximum absolute atomic E-state index is 13.5. The number of rotatable bonds is 7. The SMILES string of the molecule is O=C(COc1ccc(S(=O)(=O)Nc2ccc(F)cc2)cc1)Nc1ccccc1F. The quantitative estimate of drug-likeness (QED) is 0.612. The third kappa shape index (κ3) is 5.52. The minimum atomic E-state index is -3.87. The molecule has 9 heteroatoms. The van der Waals surface area contributed by atoms with Gasteiger partial charge < -0.3 is 10.1 Å². The molecule has 3 rings (SSSR count). The van der Waals surface area contributed by atoms with Crippen LogP contribution in [0.3, 0.4) is 0 Å². The number of carbonyl (C=O) groups excluding carboxylic acids is 1. The summed E-state index contributed by atoms with van der Waals surface area (Å²) >= 11 is 0. The molecule has 6 nitrogen and oxygen atoms in total. The molecule has 0 radical (unpaired) electrons. The Morgan fingerprint density at radius 1 is 0.897 bits per heavy atom. The van der Waals surface area contributed by atoms with Gasteiger partial charge in [-0.3, -0.25) is 9.52 Å². The second kappa shape index (κ2) is 8.70. The van der Waals surface area contributed by atoms with Crippen molar-refractivity contribution in [3.8, 4) is 5.75 Å². The van der Waals surface area contributed by atoms with Crippen molar-refractivity contribution in [2.75, 3.05) is 16.6 Å². The van der Waals surface area contributed by atoms with E-state index in [9.17, 15) is 22.0 Å². The van der Waals surface area contributed by atoms with Crippen LogP contribution in [0.1, 0.15) is 0 Å². The Morgan fingerprint density at radius 2 is 1.55 bits per heavy atom. The summed E-state index contributed by atoms with van der Waals surface area (Å²) < 4.78 is 58.8. The van der Waals surface area contributed by atoms with Crippen LogP contribution in [-0.2, 0) is 14.8 Å². The van der Waals surface area contributed by atoms with Crippen molar-refractivity contribution in [3.05, 3.63) is 84.4 Å². The number of ether oxygens (including phenoxy) is 1. The lowest BCUT2D eigenvalue weighted by atomic mass is 10.3. The highest BCUT2D eigenvalue weighted by atomic mass is 32.2. The first-order valence-corrected chi connectivity index (χ1v) is 9.87. The summed E-state index contributed by atoms with van der Waals surface area (Å²) in [6, 6.07) is 16.0. The molecule has 0 spiro atoms. The average molecular weight is 418 g/mol. The molecule has 3 aromatic carbocycles. The summed E-state index contributed by atoms with van der Waals surface area (Å²) in [4.78, 5) is 11.8. The first-order valence-electron chi connectivity index (χ1n) is 8.39. The first-order chi connectivity index (χ1) is 13.8. The van der Waals surface area contributed by atoms with Crippen molar-refractivity contribution in [1.82, 2.24) is 0 Å². The number of hydrogen-bond acceptors (Lipinski definition) is 4. The zero-order valence-electron chi connectivity index (χ0n) is 14.9. The Bertz CT molecular complexity index is 1100. The number of anilines is 2. The molecule has 0 saturated carbocycles. The van der Waals surface area contributed by atoms with Crippen LogP contribution < -0.4 is 14.8 Å². The van der Waals surface area contributed by atoms with E-state index in [1.807, 2.05) is 0 Å². The maximum Gasteiger partial charge on any atom is 0.262 e. The van der Waals surface area contributed by atoms with Gasteiger partial charge in [-0.05, 0) is 60.7 Å². The van der Waals surface area contributed by atoms with Gasteiger partial charge in [-0.15, -0.1) is 0 Å². The van der Waals surface area contributed by atoms with Crippen LogP contribution in [0.25, 0.3) is 0 Å². The van der Waals surface area contributed by atoms with E-state index in [1.165, 1.54) is 54.6 Å². The van der Waals surface area contributed by atoms with Gasteiger partial charge in [0.15, 0.2) is 6.61 Å². The lowest BCUT2D eigenvalue weighted by Gasteiger charge is -2.10. The third-order valence-corrected chi connectivity index (χ3v) is 5.15. The van der Waals surface area contributed by atoms with Crippen LogP contribution in [0.4, 0.5) is 20.2 Å². The molecule has 0 aliphatic heterocycles. The molecule has 0 fully saturated rings. The van der Waals surface area contributed by atoms with Crippen LogP contribution in [0, 0.1) is 11.6 Å². The number of sulfonamides is 1. The Balaban J connectivity index is 1.58. The molecule has 0 bridgehead atoms. The molecule has 0 aliphatic carbocycles. The van der Waals surface area contributed by atoms with Crippen LogP contribution in [0.2, 0.25) is 0 Å². The molecule has 3 aromatic rings. The Morgan fingerprint density at radius 3 is 2.21 bits per heavy atom. The molecule has 0 aromatic heterocycles. The molecule has 29 heavy (non-hydrogen) atoms. The van der Waals surface area contributed by atoms with Gasteiger partial charge >= 0.3 is 0 Å². The maximum atomic E-state index is 13.5. The summed E-state index contributed by atoms with van der Waals surface area (Å²) in [5, 5.41) is 2.38. The van der Waals surface area contributed by atoms with Crippen LogP contribution in [0.5, 0.6) is 5.75 Å². The van der Waals surface area contributed by atoms with Crippen molar-refractivity contribution < 1.29 is 26.7 Å². The molecule has 0 heterocycles. The van der Waals surface area contributed by atoms with Gasteiger partial charge in [0, 0.05) is 5.69 Å². The summed E-state index contributed by atoms with van der Waals surface area (Å²) in [6.07, 6.45) is 0. The van der Waals surface area contributed by atoms with Crippen molar-refractivity contribution in [1.29, 1.82) is 0 Å². The number of para-hydroxylation sites is 1. The highest BCUT2D eigenvalue weighted by Crippen LogP contribution is 2.20. The van der Waals surface area contributed by atoms with E-state index in [2.05, 4.69) is 10.0 Å². The number of carbonyl (C=O) groups is 1. The fourth-order valence-electron chi connectivity index (χ4n) is 2.34. The predicted molar refractivity (Wildman–Crippen MR) is 104 cm³/mol. The highest BCUT2D eigenvalue weighted by molar-refractivity contribution is 7.92. The van der Waals surface area contributed by atoms with Gasteiger partial charge in [-0.2, -0.15) is 0 Å². The zero-order valence-corrected chi connectivity index (χ0v) is 15.7. The van der Waals surface area contributed by atoms with Gasteiger partial charge in [0.2, 0.25) is 0 Å². The van der Waals surface area contributed by atoms with E-state index in [0.29, 0.717) is 0 Å². The number of hydrogen-bond donors (Lipinski definition) is 2. The number of amides is 1. The number of halogens is 2. The predicted octanol–water partition coefficient (Wildman–Crippen LogP) is 3.78. The Labute approximate surface area is 166 Å². The van der Waals surface area contributed by atoms with Gasteiger partial charge in [0.25, 0.3) is 15.9 Å². The van der Waals surface area contributed by atoms with Gasteiger partial charge in [0.05, 0.1) is 10.6 Å². The highest BCUT2D eigenvalue weighted by Gasteiger charge is 2.14. The Hall–Kier alpha value is -3.46. The van der Waals surface area contributed by atoms with Crippen LogP contribution >= 0.6 is 0 Å². The number of benzene rings is 3. The molecule has 2 N–H and O–H groups in total. The molecular formula is C20H16F2N2O4S. The van der Waals surface area contributed by atoms with Crippen LogP contribution in [0.15, 0.2) is 77.7 Å². The second-order valence-corrected chi connectivity index (χ2v) is 7.58. The standard InChI is InChI=1S/C20H16F2N2O4S/c21-14-5-7-15(8-6-14)24-29(26,27)17-11-9-16(10-12-17)28-13-20(25)23-19-4-2-1-3-18(19)22/h1-12,24H,13H2,(H,23,25). The lowest BCUT2D eigenvalue weighted by molar-refractivity contribution is -0.118. The smallest absolute Gasteiger partial charge is 0.262 e. The minimum Gasteiger partial charge on any atom is -0.484 e. The van der Waals surface area contributed by atoms with Crippen molar-refractivity contribution in [2.24, 2.45) is 0 Å². The van der Waals surface area contributed by atoms with Crippen molar-refractivity contribution >= 4 is 27.3 Å².